The van der Waals surface area contributed by atoms with Gasteiger partial charge in [0.1, 0.15) is 0 Å². The zero-order valence-corrected chi connectivity index (χ0v) is 17.6. The maximum atomic E-state index is 0. The fourth-order valence-electron chi connectivity index (χ4n) is 0. The Morgan fingerprint density at radius 3 is 1.00 bits per heavy atom. The topological polar surface area (TPSA) is 0 Å². The molecule has 5 radical (unpaired) electrons. The van der Waals surface area contributed by atoms with Crippen molar-refractivity contribution in [3.63, 3.8) is 0 Å². The van der Waals surface area contributed by atoms with E-state index < -0.39 is 0 Å². The van der Waals surface area contributed by atoms with Crippen LogP contribution >= 0.6 is 0 Å². The molecular weight excluding hydrogens is 372 g/mol. The van der Waals surface area contributed by atoms with Gasteiger partial charge in [-0.1, -0.05) is 0 Å². The van der Waals surface area contributed by atoms with Gasteiger partial charge in [-0.05, 0) is 0 Å². The number of rotatable bonds is 0. The van der Waals surface area contributed by atoms with Crippen LogP contribution in [0.3, 0.4) is 0 Å². The molecule has 0 aliphatic carbocycles. The molecule has 0 aliphatic heterocycles. The van der Waals surface area contributed by atoms with Crippen LogP contribution < -0.4 is 0 Å². The molecule has 0 heterocycles. The van der Waals surface area contributed by atoms with E-state index in [1.165, 1.54) is 0 Å². The predicted molar refractivity (Wildman–Crippen MR) is 21.4 cm³/mol. The zero-order valence-electron chi connectivity index (χ0n) is 3.04. The van der Waals surface area contributed by atoms with Gasteiger partial charge in [-0.2, -0.15) is 0 Å². The average molecular weight is 375 g/mol. The van der Waals surface area contributed by atoms with Crippen molar-refractivity contribution in [1.82, 2.24) is 0 Å². The Kier molecular flexibility index (Phi) is 148. The van der Waals surface area contributed by atoms with Crippen LogP contribution in [0, 0.1) is 49.9 Å². The summed E-state index contributed by atoms with van der Waals surface area (Å²) in [6.45, 7) is 0. The van der Waals surface area contributed by atoms with E-state index in [0.29, 0.717) is 0 Å². The molecular formula is H3BCaCoFrK. The molecule has 0 saturated heterocycles. The Labute approximate surface area is 159 Å². The first kappa shape index (κ1) is 32.2. The van der Waals surface area contributed by atoms with Crippen LogP contribution in [-0.2, 0) is 16.8 Å². The molecule has 0 fully saturated rings. The van der Waals surface area contributed by atoms with Crippen LogP contribution in [0.15, 0.2) is 0 Å². The summed E-state index contributed by atoms with van der Waals surface area (Å²) >= 11 is 0. The van der Waals surface area contributed by atoms with Crippen LogP contribution in [0.2, 0.25) is 0 Å². The quantitative estimate of drug-likeness (QED) is 0.432. The van der Waals surface area contributed by atoms with Crippen molar-refractivity contribution in [1.29, 1.82) is 0 Å². The van der Waals surface area contributed by atoms with Crippen molar-refractivity contribution in [2.45, 2.75) is 0 Å². The smallest absolute Gasteiger partial charge is 0 e. The standard InChI is InChI=1S/BH3.Ca.Co.Fr.K/h1H3;;;;. The second-order valence-corrected chi connectivity index (χ2v) is 0. The van der Waals surface area contributed by atoms with Crippen molar-refractivity contribution in [3.8, 4) is 0 Å². The molecule has 0 bridgehead atoms. The fourth-order valence-corrected chi connectivity index (χ4v) is 0. The summed E-state index contributed by atoms with van der Waals surface area (Å²) in [7, 11) is 0. The Hall–Kier alpha value is 5.06. The SMILES string of the molecule is B.[Ca].[Co].[Fr].[K]. The molecule has 0 aliphatic rings. The van der Waals surface area contributed by atoms with Crippen molar-refractivity contribution < 1.29 is 66.7 Å². The van der Waals surface area contributed by atoms with Gasteiger partial charge in [-0.25, -0.2) is 0 Å². The molecule has 0 saturated carbocycles. The summed E-state index contributed by atoms with van der Waals surface area (Å²) in [6, 6.07) is 0. The Morgan fingerprint density at radius 2 is 1.00 bits per heavy atom. The van der Waals surface area contributed by atoms with Gasteiger partial charge in [0.15, 0.2) is 0 Å². The normalized spacial score (nSPS) is 0. The molecule has 0 unspecified atom stereocenters. The number of hydrogen-bond donors (Lipinski definition) is 0. The van der Waals surface area contributed by atoms with Crippen molar-refractivity contribution in [2.24, 2.45) is 0 Å². The maximum absolute atomic E-state index is 0. The Morgan fingerprint density at radius 1 is 1.00 bits per heavy atom. The van der Waals surface area contributed by atoms with E-state index >= 15 is 0 Å². The maximum Gasteiger partial charge on any atom is 0.0814 e. The van der Waals surface area contributed by atoms with Crippen LogP contribution in [-0.4, -0.2) is 97.5 Å². The zero-order chi connectivity index (χ0) is 0. The van der Waals surface area contributed by atoms with Gasteiger partial charge in [-0.15, -0.1) is 0 Å². The summed E-state index contributed by atoms with van der Waals surface area (Å²) < 4.78 is 0. The van der Waals surface area contributed by atoms with E-state index in [0.717, 1.165) is 0 Å². The largest absolute Gasteiger partial charge is 0.0814 e. The monoisotopic (exact) mass is 375 g/mol. The van der Waals surface area contributed by atoms with Crippen LogP contribution in [0.25, 0.3) is 0 Å². The van der Waals surface area contributed by atoms with Gasteiger partial charge in [0, 0.05) is 156 Å². The predicted octanol–water partition coefficient (Wildman–Crippen LogP) is -1.95. The third kappa shape index (κ3) is 17.6. The first-order chi connectivity index (χ1) is 0. The van der Waals surface area contributed by atoms with Crippen molar-refractivity contribution in [2.75, 3.05) is 0 Å². The van der Waals surface area contributed by atoms with E-state index in [9.17, 15) is 0 Å². The molecule has 0 rings (SSSR count). The first-order valence-electron chi connectivity index (χ1n) is 0. The third-order valence-corrected chi connectivity index (χ3v) is 0. The summed E-state index contributed by atoms with van der Waals surface area (Å²) in [5.41, 5.74) is 0. The summed E-state index contributed by atoms with van der Waals surface area (Å²) in [4.78, 5) is 0. The summed E-state index contributed by atoms with van der Waals surface area (Å²) in [5, 5.41) is 0. The minimum atomic E-state index is 0. The molecule has 0 aromatic carbocycles. The first-order valence-corrected chi connectivity index (χ1v) is 0. The molecule has 0 aromatic heterocycles. The van der Waals surface area contributed by atoms with Crippen LogP contribution in [0.4, 0.5) is 0 Å². The molecule has 0 amide bonds. The van der Waals surface area contributed by atoms with Gasteiger partial charge >= 0.3 is 0 Å². The second-order valence-electron chi connectivity index (χ2n) is 0. The van der Waals surface area contributed by atoms with Gasteiger partial charge in [0.05, 0.1) is 8.41 Å². The second kappa shape index (κ2) is 23.0. The minimum Gasteiger partial charge on any atom is 0 e. The Balaban J connectivity index is 0. The molecule has 0 nitrogen and oxygen atoms in total. The molecule has 0 aromatic rings. The fraction of sp³-hybridized carbons (Fsp3) is 0. The van der Waals surface area contributed by atoms with E-state index in [2.05, 4.69) is 0 Å². The molecule has 0 N–H and O–H groups in total. The van der Waals surface area contributed by atoms with Gasteiger partial charge < -0.3 is 0 Å². The third-order valence-electron chi connectivity index (χ3n) is 0. The van der Waals surface area contributed by atoms with E-state index in [1.54, 1.807) is 0 Å². The van der Waals surface area contributed by atoms with E-state index in [-0.39, 0.29) is 164 Å². The van der Waals surface area contributed by atoms with E-state index in [4.69, 9.17) is 0 Å². The van der Waals surface area contributed by atoms with Crippen molar-refractivity contribution >= 4 is 97.5 Å². The Bertz CT molecular complexity index is 11.6. The van der Waals surface area contributed by atoms with Gasteiger partial charge in [0.25, 0.3) is 0 Å². The molecule has 5 heavy (non-hydrogen) atoms. The molecule has 19 valence electrons. The summed E-state index contributed by atoms with van der Waals surface area (Å²) in [5.74, 6) is 0. The van der Waals surface area contributed by atoms with Crippen molar-refractivity contribution in [3.05, 3.63) is 0 Å². The van der Waals surface area contributed by atoms with Crippen LogP contribution in [0.1, 0.15) is 0 Å². The average Bonchev–Trinajstić information content (AvgIpc) is 0. The number of hydrogen-bond acceptors (Lipinski definition) is 0. The minimum absolute atomic E-state index is 0. The molecule has 5 heteroatoms. The van der Waals surface area contributed by atoms with E-state index in [1.807, 2.05) is 0 Å². The van der Waals surface area contributed by atoms with Crippen LogP contribution in [0.5, 0.6) is 0 Å². The summed E-state index contributed by atoms with van der Waals surface area (Å²) in [6.07, 6.45) is 0. The molecule has 0 atom stereocenters. The van der Waals surface area contributed by atoms with Gasteiger partial charge in [0.2, 0.25) is 0 Å². The molecule has 0 spiro atoms. The van der Waals surface area contributed by atoms with Gasteiger partial charge in [-0.3, -0.25) is 0 Å².